The fourth-order valence-corrected chi connectivity index (χ4v) is 4.91. The zero-order valence-electron chi connectivity index (χ0n) is 16.2. The maximum absolute atomic E-state index is 12.9. The Bertz CT molecular complexity index is 1210. The molecule has 0 saturated carbocycles. The van der Waals surface area contributed by atoms with Crippen LogP contribution in [-0.2, 0) is 5.75 Å². The van der Waals surface area contributed by atoms with Crippen molar-refractivity contribution in [2.24, 2.45) is 0 Å². The third-order valence-corrected chi connectivity index (χ3v) is 6.81. The second-order valence-corrected chi connectivity index (χ2v) is 9.09. The Balaban J connectivity index is 1.49. The van der Waals surface area contributed by atoms with E-state index in [0.29, 0.717) is 32.7 Å². The number of rotatable bonds is 6. The third kappa shape index (κ3) is 4.40. The first-order chi connectivity index (χ1) is 14.5. The SMILES string of the molecule is Cc1ccccc1CSc1nnc(NC(=O)c2c(-c3ccccc3Cl)noc2C)s1. The standard InChI is InChI=1S/C21H17ClN4O2S2/c1-12-7-3-4-8-14(12)11-29-21-25-24-20(30-21)23-19(27)17-13(2)28-26-18(17)15-9-5-6-10-16(15)22/h3-10H,11H2,1-2H3,(H,23,24,27). The number of hydrogen-bond acceptors (Lipinski definition) is 7. The Morgan fingerprint density at radius 3 is 2.70 bits per heavy atom. The predicted molar refractivity (Wildman–Crippen MR) is 120 cm³/mol. The van der Waals surface area contributed by atoms with Gasteiger partial charge in [0, 0.05) is 11.3 Å². The number of benzene rings is 2. The van der Waals surface area contributed by atoms with E-state index >= 15 is 0 Å². The normalized spacial score (nSPS) is 10.9. The molecule has 0 fully saturated rings. The van der Waals surface area contributed by atoms with Gasteiger partial charge in [-0.1, -0.05) is 82.3 Å². The molecule has 152 valence electrons. The van der Waals surface area contributed by atoms with Gasteiger partial charge < -0.3 is 4.52 Å². The summed E-state index contributed by atoms with van der Waals surface area (Å²) in [7, 11) is 0. The molecule has 2 aromatic carbocycles. The smallest absolute Gasteiger partial charge is 0.263 e. The van der Waals surface area contributed by atoms with Gasteiger partial charge in [-0.2, -0.15) is 0 Å². The van der Waals surface area contributed by atoms with E-state index in [0.717, 1.165) is 10.1 Å². The fourth-order valence-electron chi connectivity index (χ4n) is 2.87. The topological polar surface area (TPSA) is 80.9 Å². The van der Waals surface area contributed by atoms with Crippen LogP contribution in [0.2, 0.25) is 5.02 Å². The first kappa shape index (κ1) is 20.6. The van der Waals surface area contributed by atoms with Crippen LogP contribution < -0.4 is 5.32 Å². The maximum Gasteiger partial charge on any atom is 0.263 e. The van der Waals surface area contributed by atoms with Gasteiger partial charge in [0.15, 0.2) is 4.34 Å². The highest BCUT2D eigenvalue weighted by molar-refractivity contribution is 8.00. The minimum Gasteiger partial charge on any atom is -0.360 e. The highest BCUT2D eigenvalue weighted by Crippen LogP contribution is 2.33. The number of nitrogens with zero attached hydrogens (tertiary/aromatic N) is 3. The van der Waals surface area contributed by atoms with Crippen molar-refractivity contribution < 1.29 is 9.32 Å². The van der Waals surface area contributed by atoms with Crippen LogP contribution >= 0.6 is 34.7 Å². The first-order valence-corrected chi connectivity index (χ1v) is 11.2. The molecule has 0 spiro atoms. The molecule has 1 amide bonds. The molecule has 2 aromatic heterocycles. The fraction of sp³-hybridized carbons (Fsp3) is 0.143. The number of halogens is 1. The highest BCUT2D eigenvalue weighted by atomic mass is 35.5. The monoisotopic (exact) mass is 456 g/mol. The van der Waals surface area contributed by atoms with Crippen LogP contribution in [0, 0.1) is 13.8 Å². The summed E-state index contributed by atoms with van der Waals surface area (Å²) in [5.74, 6) is 0.827. The minimum atomic E-state index is -0.365. The molecule has 6 nitrogen and oxygen atoms in total. The summed E-state index contributed by atoms with van der Waals surface area (Å²) < 4.78 is 6.04. The number of aryl methyl sites for hydroxylation is 2. The molecule has 30 heavy (non-hydrogen) atoms. The molecule has 4 rings (SSSR count). The van der Waals surface area contributed by atoms with E-state index in [-0.39, 0.29) is 5.91 Å². The van der Waals surface area contributed by atoms with Crippen LogP contribution in [0.15, 0.2) is 57.4 Å². The van der Waals surface area contributed by atoms with E-state index < -0.39 is 0 Å². The Hall–Kier alpha value is -2.68. The van der Waals surface area contributed by atoms with Crippen LogP contribution in [0.25, 0.3) is 11.3 Å². The maximum atomic E-state index is 12.9. The lowest BCUT2D eigenvalue weighted by Crippen LogP contribution is -2.13. The van der Waals surface area contributed by atoms with Crippen LogP contribution in [0.1, 0.15) is 27.2 Å². The van der Waals surface area contributed by atoms with Crippen molar-refractivity contribution in [2.45, 2.75) is 23.9 Å². The molecule has 0 unspecified atom stereocenters. The summed E-state index contributed by atoms with van der Waals surface area (Å²) >= 11 is 9.18. The minimum absolute atomic E-state index is 0.326. The molecule has 2 heterocycles. The van der Waals surface area contributed by atoms with Gasteiger partial charge >= 0.3 is 0 Å². The second kappa shape index (κ2) is 8.99. The molecule has 0 bridgehead atoms. The van der Waals surface area contributed by atoms with E-state index in [1.807, 2.05) is 24.3 Å². The molecule has 9 heteroatoms. The second-order valence-electron chi connectivity index (χ2n) is 6.48. The van der Waals surface area contributed by atoms with Crippen molar-refractivity contribution in [3.8, 4) is 11.3 Å². The van der Waals surface area contributed by atoms with Gasteiger partial charge in [-0.3, -0.25) is 10.1 Å². The van der Waals surface area contributed by atoms with Gasteiger partial charge in [-0.05, 0) is 31.0 Å². The van der Waals surface area contributed by atoms with E-state index in [1.165, 1.54) is 22.5 Å². The van der Waals surface area contributed by atoms with Crippen LogP contribution in [-0.4, -0.2) is 21.3 Å². The zero-order chi connectivity index (χ0) is 21.1. The van der Waals surface area contributed by atoms with Crippen LogP contribution in [0.3, 0.4) is 0 Å². The van der Waals surface area contributed by atoms with Crippen molar-refractivity contribution in [1.82, 2.24) is 15.4 Å². The number of amides is 1. The van der Waals surface area contributed by atoms with E-state index in [1.54, 1.807) is 30.8 Å². The Morgan fingerprint density at radius 2 is 1.90 bits per heavy atom. The molecule has 0 aliphatic rings. The molecule has 4 aromatic rings. The molecule has 0 radical (unpaired) electrons. The van der Waals surface area contributed by atoms with Crippen molar-refractivity contribution >= 4 is 45.7 Å². The number of carbonyl (C=O) groups excluding carboxylic acids is 1. The van der Waals surface area contributed by atoms with E-state index in [9.17, 15) is 4.79 Å². The lowest BCUT2D eigenvalue weighted by molar-refractivity contribution is 0.102. The largest absolute Gasteiger partial charge is 0.360 e. The number of thioether (sulfide) groups is 1. The molecule has 0 saturated heterocycles. The van der Waals surface area contributed by atoms with Crippen molar-refractivity contribution in [2.75, 3.05) is 5.32 Å². The average molecular weight is 457 g/mol. The van der Waals surface area contributed by atoms with Gasteiger partial charge in [0.2, 0.25) is 5.13 Å². The van der Waals surface area contributed by atoms with Crippen molar-refractivity contribution in [3.63, 3.8) is 0 Å². The van der Waals surface area contributed by atoms with Gasteiger partial charge in [-0.15, -0.1) is 10.2 Å². The van der Waals surface area contributed by atoms with Gasteiger partial charge in [0.05, 0.1) is 5.02 Å². The summed E-state index contributed by atoms with van der Waals surface area (Å²) in [6, 6.07) is 15.4. The summed E-state index contributed by atoms with van der Waals surface area (Å²) in [5.41, 5.74) is 3.83. The lowest BCUT2D eigenvalue weighted by atomic mass is 10.1. The highest BCUT2D eigenvalue weighted by Gasteiger charge is 2.24. The average Bonchev–Trinajstić information content (AvgIpc) is 3.34. The van der Waals surface area contributed by atoms with Gasteiger partial charge in [0.1, 0.15) is 17.0 Å². The lowest BCUT2D eigenvalue weighted by Gasteiger charge is -2.04. The van der Waals surface area contributed by atoms with Crippen molar-refractivity contribution in [1.29, 1.82) is 0 Å². The summed E-state index contributed by atoms with van der Waals surface area (Å²) in [5, 5.41) is 16.0. The Kier molecular flexibility index (Phi) is 6.17. The molecule has 0 aliphatic heterocycles. The molecule has 1 N–H and O–H groups in total. The third-order valence-electron chi connectivity index (χ3n) is 4.46. The van der Waals surface area contributed by atoms with Crippen LogP contribution in [0.5, 0.6) is 0 Å². The Morgan fingerprint density at radius 1 is 1.13 bits per heavy atom. The first-order valence-electron chi connectivity index (χ1n) is 9.06. The van der Waals surface area contributed by atoms with Crippen LogP contribution in [0.4, 0.5) is 5.13 Å². The molecule has 0 aliphatic carbocycles. The molecular weight excluding hydrogens is 440 g/mol. The summed E-state index contributed by atoms with van der Waals surface area (Å²) in [6.45, 7) is 3.77. The number of aromatic nitrogens is 3. The number of carbonyl (C=O) groups is 1. The predicted octanol–water partition coefficient (Wildman–Crippen LogP) is 6.01. The van der Waals surface area contributed by atoms with E-state index in [2.05, 4.69) is 39.7 Å². The Labute approximate surface area is 186 Å². The number of nitrogens with one attached hydrogen (secondary N) is 1. The van der Waals surface area contributed by atoms with Gasteiger partial charge in [0.25, 0.3) is 5.91 Å². The zero-order valence-corrected chi connectivity index (χ0v) is 18.6. The number of hydrogen-bond donors (Lipinski definition) is 1. The summed E-state index contributed by atoms with van der Waals surface area (Å²) in [4.78, 5) is 12.9. The number of anilines is 1. The summed E-state index contributed by atoms with van der Waals surface area (Å²) in [6.07, 6.45) is 0. The van der Waals surface area contributed by atoms with E-state index in [4.69, 9.17) is 16.1 Å². The van der Waals surface area contributed by atoms with Gasteiger partial charge in [-0.25, -0.2) is 0 Å². The quantitative estimate of drug-likeness (QED) is 0.282. The molecular formula is C21H17ClN4O2S2. The van der Waals surface area contributed by atoms with Crippen molar-refractivity contribution in [3.05, 3.63) is 76.0 Å². The molecule has 0 atom stereocenters.